The number of alkyl halides is 6. The number of nitrogens with zero attached hydrogens (tertiary/aromatic N) is 4. The molecular formula is C26H28F6N6OS. The summed E-state index contributed by atoms with van der Waals surface area (Å²) < 4.78 is 84.3. The van der Waals surface area contributed by atoms with Crippen molar-refractivity contribution in [3.63, 3.8) is 0 Å². The number of ether oxygens (including phenoxy) is 1. The minimum absolute atomic E-state index is 0.0188. The number of benzene rings is 1. The van der Waals surface area contributed by atoms with E-state index in [1.807, 2.05) is 17.5 Å². The number of aromatic nitrogens is 3. The van der Waals surface area contributed by atoms with E-state index in [1.54, 1.807) is 23.3 Å². The van der Waals surface area contributed by atoms with E-state index in [4.69, 9.17) is 9.72 Å². The van der Waals surface area contributed by atoms with Crippen molar-refractivity contribution < 1.29 is 31.1 Å². The highest BCUT2D eigenvalue weighted by Gasteiger charge is 2.41. The van der Waals surface area contributed by atoms with Gasteiger partial charge in [-0.05, 0) is 37.0 Å². The zero-order valence-electron chi connectivity index (χ0n) is 21.7. The highest BCUT2D eigenvalue weighted by molar-refractivity contribution is 7.09. The Bertz CT molecular complexity index is 1370. The molecule has 1 atom stereocenters. The number of piperidine rings is 1. The number of thiazole rings is 1. The number of hydrogen-bond acceptors (Lipinski definition) is 7. The smallest absolute Gasteiger partial charge is 0.435 e. The Morgan fingerprint density at radius 3 is 2.35 bits per heavy atom. The van der Waals surface area contributed by atoms with E-state index in [0.717, 1.165) is 28.2 Å². The molecule has 2 N–H and O–H groups in total. The van der Waals surface area contributed by atoms with Crippen molar-refractivity contribution in [2.45, 2.75) is 57.3 Å². The summed E-state index contributed by atoms with van der Waals surface area (Å²) in [5, 5.41) is 13.2. The maximum absolute atomic E-state index is 13.2. The molecule has 2 aliphatic rings. The van der Waals surface area contributed by atoms with Gasteiger partial charge in [-0.15, -0.1) is 11.3 Å². The van der Waals surface area contributed by atoms with Crippen molar-refractivity contribution in [2.75, 3.05) is 20.2 Å². The summed E-state index contributed by atoms with van der Waals surface area (Å²) in [6, 6.07) is 4.04. The van der Waals surface area contributed by atoms with Crippen LogP contribution in [-0.4, -0.2) is 39.9 Å². The lowest BCUT2D eigenvalue weighted by molar-refractivity contribution is -0.143. The lowest BCUT2D eigenvalue weighted by Crippen LogP contribution is -2.31. The lowest BCUT2D eigenvalue weighted by atomic mass is 9.98. The average Bonchev–Trinajstić information content (AvgIpc) is 3.52. The van der Waals surface area contributed by atoms with Crippen molar-refractivity contribution in [3.8, 4) is 5.75 Å². The monoisotopic (exact) mass is 586 g/mol. The molecule has 3 aromatic rings. The normalized spacial score (nSPS) is 19.2. The summed E-state index contributed by atoms with van der Waals surface area (Å²) in [7, 11) is 1.66. The van der Waals surface area contributed by atoms with Crippen LogP contribution in [0, 0.1) is 6.92 Å². The molecule has 1 fully saturated rings. The van der Waals surface area contributed by atoms with Crippen LogP contribution in [0.25, 0.3) is 6.20 Å². The molecule has 1 unspecified atom stereocenters. The van der Waals surface area contributed by atoms with Gasteiger partial charge in [0.15, 0.2) is 5.69 Å². The second-order valence-corrected chi connectivity index (χ2v) is 10.7. The second-order valence-electron chi connectivity index (χ2n) is 9.81. The van der Waals surface area contributed by atoms with Gasteiger partial charge < -0.3 is 9.64 Å². The summed E-state index contributed by atoms with van der Waals surface area (Å²) >= 11 is 1.57. The third kappa shape index (κ3) is 5.98. The van der Waals surface area contributed by atoms with Gasteiger partial charge in [0, 0.05) is 61.5 Å². The highest BCUT2D eigenvalue weighted by atomic mass is 32.1. The largest absolute Gasteiger partial charge is 0.496 e. The SMILES string of the molecule is COc1ccc(C)c2c1CNC(c1csc(C3CCN(C=Cn4nc(C(F)(F)F)cc4C(F)(F)F)CC3)n1)NC2. The summed E-state index contributed by atoms with van der Waals surface area (Å²) in [5.41, 5.74) is 1.36. The summed E-state index contributed by atoms with van der Waals surface area (Å²) in [6.07, 6.45) is -6.36. The van der Waals surface area contributed by atoms with Gasteiger partial charge in [-0.3, -0.25) is 10.6 Å². The van der Waals surface area contributed by atoms with Gasteiger partial charge in [0.05, 0.1) is 17.8 Å². The van der Waals surface area contributed by atoms with Crippen LogP contribution in [0.3, 0.4) is 0 Å². The molecule has 1 saturated heterocycles. The second kappa shape index (κ2) is 11.1. The summed E-state index contributed by atoms with van der Waals surface area (Å²) in [5.74, 6) is 1.03. The average molecular weight is 587 g/mol. The first-order valence-electron chi connectivity index (χ1n) is 12.7. The molecule has 0 spiro atoms. The van der Waals surface area contributed by atoms with Gasteiger partial charge in [0.2, 0.25) is 0 Å². The number of fused-ring (bicyclic) bond motifs is 1. The van der Waals surface area contributed by atoms with Gasteiger partial charge in [-0.1, -0.05) is 6.07 Å². The molecule has 4 heterocycles. The third-order valence-corrected chi connectivity index (χ3v) is 8.28. The van der Waals surface area contributed by atoms with E-state index < -0.39 is 23.7 Å². The number of hydrogen-bond donors (Lipinski definition) is 2. The van der Waals surface area contributed by atoms with Crippen molar-refractivity contribution in [2.24, 2.45) is 0 Å². The molecule has 0 bridgehead atoms. The zero-order valence-corrected chi connectivity index (χ0v) is 22.6. The first-order chi connectivity index (χ1) is 18.9. The quantitative estimate of drug-likeness (QED) is 0.364. The fraction of sp³-hybridized carbons (Fsp3) is 0.462. The molecule has 0 amide bonds. The Hall–Kier alpha value is -3.10. The van der Waals surface area contributed by atoms with Crippen molar-refractivity contribution in [3.05, 3.63) is 68.6 Å². The first kappa shape index (κ1) is 28.4. The van der Waals surface area contributed by atoms with Crippen LogP contribution < -0.4 is 15.4 Å². The van der Waals surface area contributed by atoms with Crippen molar-refractivity contribution in [1.82, 2.24) is 30.3 Å². The zero-order chi connectivity index (χ0) is 28.7. The maximum atomic E-state index is 13.2. The standard InChI is InChI=1S/C26H28F6N6OS/c1-15-3-4-20(39-2)18-13-34-23(33-12-17(15)18)19-14-40-24(35-19)16-5-7-37(8-6-16)9-10-38-22(26(30,31)32)11-21(36-38)25(27,28)29/h3-4,9-11,14,16,23,33-34H,5-8,12-13H2,1-2H3. The number of aryl methyl sites for hydroxylation is 1. The van der Waals surface area contributed by atoms with E-state index in [1.165, 1.54) is 17.3 Å². The van der Waals surface area contributed by atoms with E-state index in [-0.39, 0.29) is 22.8 Å². The molecule has 40 heavy (non-hydrogen) atoms. The van der Waals surface area contributed by atoms with E-state index >= 15 is 0 Å². The maximum Gasteiger partial charge on any atom is 0.435 e. The number of likely N-dealkylation sites (tertiary alicyclic amines) is 1. The molecule has 2 aliphatic heterocycles. The Morgan fingerprint density at radius 1 is 1.00 bits per heavy atom. The predicted molar refractivity (Wildman–Crippen MR) is 137 cm³/mol. The molecule has 1 aromatic carbocycles. The van der Waals surface area contributed by atoms with Gasteiger partial charge in [0.1, 0.15) is 17.6 Å². The Kier molecular flexibility index (Phi) is 7.86. The topological polar surface area (TPSA) is 67.2 Å². The Morgan fingerprint density at radius 2 is 1.70 bits per heavy atom. The highest BCUT2D eigenvalue weighted by Crippen LogP contribution is 2.36. The van der Waals surface area contributed by atoms with Crippen LogP contribution in [0.5, 0.6) is 5.75 Å². The van der Waals surface area contributed by atoms with Gasteiger partial charge >= 0.3 is 12.4 Å². The van der Waals surface area contributed by atoms with E-state index in [9.17, 15) is 26.3 Å². The van der Waals surface area contributed by atoms with Gasteiger partial charge in [-0.2, -0.15) is 31.4 Å². The minimum atomic E-state index is -4.97. The molecule has 5 rings (SSSR count). The van der Waals surface area contributed by atoms with E-state index in [2.05, 4.69) is 22.7 Å². The lowest BCUT2D eigenvalue weighted by Gasteiger charge is -2.30. The van der Waals surface area contributed by atoms with Gasteiger partial charge in [0.25, 0.3) is 0 Å². The molecule has 0 radical (unpaired) electrons. The Balaban J connectivity index is 1.21. The van der Waals surface area contributed by atoms with Crippen molar-refractivity contribution in [1.29, 1.82) is 0 Å². The van der Waals surface area contributed by atoms with Crippen LogP contribution >= 0.6 is 11.3 Å². The van der Waals surface area contributed by atoms with E-state index in [0.29, 0.717) is 39.0 Å². The summed E-state index contributed by atoms with van der Waals surface area (Å²) in [4.78, 5) is 6.67. The van der Waals surface area contributed by atoms with Crippen LogP contribution in [0.4, 0.5) is 26.3 Å². The fourth-order valence-corrected chi connectivity index (χ4v) is 6.06. The van der Waals surface area contributed by atoms with Crippen molar-refractivity contribution >= 4 is 17.5 Å². The third-order valence-electron chi connectivity index (χ3n) is 7.26. The molecular weight excluding hydrogens is 558 g/mol. The Labute approximate surface area is 230 Å². The molecule has 7 nitrogen and oxygen atoms in total. The van der Waals surface area contributed by atoms with Crippen LogP contribution in [0.15, 0.2) is 29.8 Å². The number of rotatable bonds is 5. The number of halogens is 6. The molecule has 0 aliphatic carbocycles. The molecule has 2 aromatic heterocycles. The summed E-state index contributed by atoms with van der Waals surface area (Å²) in [6.45, 7) is 4.43. The predicted octanol–water partition coefficient (Wildman–Crippen LogP) is 5.89. The van der Waals surface area contributed by atoms with Gasteiger partial charge in [-0.25, -0.2) is 9.67 Å². The molecule has 0 saturated carbocycles. The number of methoxy groups -OCH3 is 1. The molecule has 14 heteroatoms. The minimum Gasteiger partial charge on any atom is -0.496 e. The number of nitrogens with one attached hydrogen (secondary N) is 2. The first-order valence-corrected chi connectivity index (χ1v) is 13.6. The van der Waals surface area contributed by atoms with Crippen LogP contribution in [0.2, 0.25) is 0 Å². The van der Waals surface area contributed by atoms with Crippen LogP contribution in [0.1, 0.15) is 63.7 Å². The fourth-order valence-electron chi connectivity index (χ4n) is 5.04. The molecule has 216 valence electrons. The van der Waals surface area contributed by atoms with Crippen LogP contribution in [-0.2, 0) is 25.4 Å².